The number of nitrogens with two attached hydrogens (primary N) is 1. The maximum Gasteiger partial charge on any atom is 0.198 e. The fourth-order valence-corrected chi connectivity index (χ4v) is 7.29. The molecule has 2 atom stereocenters. The zero-order valence-electron chi connectivity index (χ0n) is 31.2. The minimum atomic E-state index is -0.342. The Bertz CT molecular complexity index is 692. The Balaban J connectivity index is 1.98. The smallest absolute Gasteiger partial charge is 0.198 e. The summed E-state index contributed by atoms with van der Waals surface area (Å²) in [4.78, 5) is 17.7. The van der Waals surface area contributed by atoms with Crippen LogP contribution in [-0.4, -0.2) is 48.8 Å². The molecule has 0 bridgehead atoms. The van der Waals surface area contributed by atoms with Crippen LogP contribution in [0.25, 0.3) is 0 Å². The van der Waals surface area contributed by atoms with E-state index < -0.39 is 0 Å². The third-order valence-corrected chi connectivity index (χ3v) is 10.6. The van der Waals surface area contributed by atoms with E-state index in [1.165, 1.54) is 192 Å². The summed E-state index contributed by atoms with van der Waals surface area (Å²) >= 11 is 0. The SMILES string of the molecule is CCCCCCCCCCCCCCCCCC(=O)C(N)C[N+]1(C)CCN=C1CCCCCCCCCCCCCCCCC. The summed E-state index contributed by atoms with van der Waals surface area (Å²) in [5.41, 5.74) is 6.47. The van der Waals surface area contributed by atoms with Gasteiger partial charge < -0.3 is 5.73 Å². The topological polar surface area (TPSA) is 55.5 Å². The Kier molecular flexibility index (Phi) is 28.7. The van der Waals surface area contributed by atoms with Crippen molar-refractivity contribution in [2.45, 2.75) is 225 Å². The molecule has 0 radical (unpaired) electrons. The number of quaternary nitrogens is 1. The average molecular weight is 633 g/mol. The van der Waals surface area contributed by atoms with E-state index in [-0.39, 0.29) is 11.8 Å². The number of ketones is 1. The number of Topliss-reactive ketones (excluding diaryl/α,β-unsaturated/α-hetero) is 1. The van der Waals surface area contributed by atoms with Crippen LogP contribution in [-0.2, 0) is 4.79 Å². The van der Waals surface area contributed by atoms with Crippen molar-refractivity contribution in [2.75, 3.05) is 26.7 Å². The van der Waals surface area contributed by atoms with E-state index >= 15 is 0 Å². The van der Waals surface area contributed by atoms with Gasteiger partial charge in [0.05, 0.1) is 13.6 Å². The minimum absolute atomic E-state index is 0.266. The Morgan fingerprint density at radius 3 is 1.29 bits per heavy atom. The molecule has 0 aliphatic carbocycles. The standard InChI is InChI=1S/C41H82N3O/c1-4-6-8-10-12-14-16-18-20-22-24-26-28-30-32-34-40(45)39(42)38-44(3)37-36-43-41(44)35-33-31-29-27-25-23-21-19-17-15-13-11-9-7-5-2/h39H,4-38,42H2,1-3H3/q+1. The van der Waals surface area contributed by atoms with Crippen LogP contribution in [0.3, 0.4) is 0 Å². The minimum Gasteiger partial charge on any atom is -0.317 e. The number of aliphatic imine (C=N–C) groups is 1. The molecule has 0 saturated heterocycles. The molecule has 1 heterocycles. The van der Waals surface area contributed by atoms with Gasteiger partial charge in [-0.25, -0.2) is 4.99 Å². The van der Waals surface area contributed by atoms with Gasteiger partial charge >= 0.3 is 0 Å². The van der Waals surface area contributed by atoms with Crippen LogP contribution in [0.2, 0.25) is 0 Å². The molecule has 4 heteroatoms. The van der Waals surface area contributed by atoms with E-state index in [1.54, 1.807) is 0 Å². The second-order valence-corrected chi connectivity index (χ2v) is 15.1. The highest BCUT2D eigenvalue weighted by molar-refractivity contribution is 5.84. The number of hydrogen-bond donors (Lipinski definition) is 1. The van der Waals surface area contributed by atoms with E-state index in [2.05, 4.69) is 20.9 Å². The number of unbranched alkanes of at least 4 members (excludes halogenated alkanes) is 28. The van der Waals surface area contributed by atoms with Gasteiger partial charge in [0.25, 0.3) is 0 Å². The number of carbonyl (C=O) groups excluding carboxylic acids is 1. The fraction of sp³-hybridized carbons (Fsp3) is 0.951. The molecule has 2 N–H and O–H groups in total. The summed E-state index contributed by atoms with van der Waals surface area (Å²) in [6, 6.07) is -0.342. The lowest BCUT2D eigenvalue weighted by molar-refractivity contribution is -0.815. The normalized spacial score (nSPS) is 17.2. The molecule has 0 amide bonds. The van der Waals surface area contributed by atoms with Crippen LogP contribution in [0.1, 0.15) is 219 Å². The predicted molar refractivity (Wildman–Crippen MR) is 200 cm³/mol. The molecule has 0 aromatic rings. The third-order valence-electron chi connectivity index (χ3n) is 10.6. The van der Waals surface area contributed by atoms with Crippen molar-refractivity contribution < 1.29 is 9.28 Å². The van der Waals surface area contributed by atoms with Crippen molar-refractivity contribution in [3.05, 3.63) is 0 Å². The molecule has 0 aromatic heterocycles. The maximum atomic E-state index is 12.8. The van der Waals surface area contributed by atoms with Crippen molar-refractivity contribution in [1.29, 1.82) is 0 Å². The van der Waals surface area contributed by atoms with Gasteiger partial charge in [-0.3, -0.25) is 9.28 Å². The first-order valence-electron chi connectivity index (χ1n) is 20.7. The first kappa shape index (κ1) is 42.3. The summed E-state index contributed by atoms with van der Waals surface area (Å²) in [5, 5.41) is 0. The van der Waals surface area contributed by atoms with Gasteiger partial charge in [-0.05, 0) is 12.8 Å². The van der Waals surface area contributed by atoms with Crippen LogP contribution >= 0.6 is 0 Å². The van der Waals surface area contributed by atoms with Crippen molar-refractivity contribution in [3.8, 4) is 0 Å². The van der Waals surface area contributed by atoms with E-state index in [0.29, 0.717) is 6.42 Å². The molecule has 1 rings (SSSR count). The van der Waals surface area contributed by atoms with Crippen molar-refractivity contribution in [3.63, 3.8) is 0 Å². The Morgan fingerprint density at radius 1 is 0.578 bits per heavy atom. The van der Waals surface area contributed by atoms with Gasteiger partial charge in [0, 0.05) is 12.8 Å². The number of hydrogen-bond acceptors (Lipinski definition) is 3. The van der Waals surface area contributed by atoms with Gasteiger partial charge in [-0.2, -0.15) is 0 Å². The number of likely N-dealkylation sites (N-methyl/N-ethyl adjacent to an activating group) is 1. The molecule has 1 aliphatic rings. The summed E-state index contributed by atoms with van der Waals surface area (Å²) in [6.45, 7) is 7.22. The zero-order chi connectivity index (χ0) is 32.7. The number of nitrogens with zero attached hydrogens (tertiary/aromatic N) is 2. The lowest BCUT2D eigenvalue weighted by Gasteiger charge is -2.32. The summed E-state index contributed by atoms with van der Waals surface area (Å²) < 4.78 is 0.796. The monoisotopic (exact) mass is 633 g/mol. The molecule has 45 heavy (non-hydrogen) atoms. The lowest BCUT2D eigenvalue weighted by atomic mass is 10.0. The molecule has 0 saturated carbocycles. The van der Waals surface area contributed by atoms with Crippen molar-refractivity contribution >= 4 is 11.6 Å². The first-order valence-corrected chi connectivity index (χ1v) is 20.7. The first-order chi connectivity index (χ1) is 22.0. The highest BCUT2D eigenvalue weighted by Gasteiger charge is 2.36. The zero-order valence-corrected chi connectivity index (χ0v) is 31.2. The van der Waals surface area contributed by atoms with Crippen molar-refractivity contribution in [2.24, 2.45) is 10.7 Å². The van der Waals surface area contributed by atoms with Crippen LogP contribution < -0.4 is 5.73 Å². The fourth-order valence-electron chi connectivity index (χ4n) is 7.29. The Labute approximate surface area is 283 Å². The molecule has 1 aliphatic heterocycles. The van der Waals surface area contributed by atoms with E-state index in [0.717, 1.165) is 37.0 Å². The second kappa shape index (κ2) is 30.6. The molecule has 0 fully saturated rings. The summed E-state index contributed by atoms with van der Waals surface area (Å²) in [7, 11) is 2.26. The van der Waals surface area contributed by atoms with Crippen molar-refractivity contribution in [1.82, 2.24) is 0 Å². The Hall–Kier alpha value is -0.740. The lowest BCUT2D eigenvalue weighted by Crippen LogP contribution is -2.55. The Morgan fingerprint density at radius 2 is 0.911 bits per heavy atom. The molecule has 4 nitrogen and oxygen atoms in total. The van der Waals surface area contributed by atoms with Crippen LogP contribution in [0, 0.1) is 0 Å². The van der Waals surface area contributed by atoms with Gasteiger partial charge in [0.15, 0.2) is 11.6 Å². The summed E-state index contributed by atoms with van der Waals surface area (Å²) in [6.07, 6.45) is 43.0. The van der Waals surface area contributed by atoms with Crippen LogP contribution in [0.4, 0.5) is 0 Å². The molecular formula is C41H82N3O+. The number of amidine groups is 1. The molecular weight excluding hydrogens is 550 g/mol. The van der Waals surface area contributed by atoms with Crippen LogP contribution in [0.15, 0.2) is 4.99 Å². The molecule has 0 spiro atoms. The molecule has 2 unspecified atom stereocenters. The summed E-state index contributed by atoms with van der Waals surface area (Å²) in [5.74, 6) is 1.56. The van der Waals surface area contributed by atoms with Gasteiger partial charge in [0.1, 0.15) is 19.1 Å². The van der Waals surface area contributed by atoms with Gasteiger partial charge in [-0.1, -0.05) is 194 Å². The third kappa shape index (κ3) is 24.1. The molecule has 0 aromatic carbocycles. The molecule has 266 valence electrons. The van der Waals surface area contributed by atoms with Gasteiger partial charge in [-0.15, -0.1) is 0 Å². The van der Waals surface area contributed by atoms with E-state index in [9.17, 15) is 4.79 Å². The second-order valence-electron chi connectivity index (χ2n) is 15.1. The highest BCUT2D eigenvalue weighted by Crippen LogP contribution is 2.20. The highest BCUT2D eigenvalue weighted by atomic mass is 16.1. The van der Waals surface area contributed by atoms with Gasteiger partial charge in [0.2, 0.25) is 0 Å². The average Bonchev–Trinajstić information content (AvgIpc) is 3.39. The van der Waals surface area contributed by atoms with E-state index in [4.69, 9.17) is 10.7 Å². The number of rotatable bonds is 35. The maximum absolute atomic E-state index is 12.8. The van der Waals surface area contributed by atoms with Crippen LogP contribution in [0.5, 0.6) is 0 Å². The quantitative estimate of drug-likeness (QED) is 0.0558. The largest absolute Gasteiger partial charge is 0.317 e. The predicted octanol–water partition coefficient (Wildman–Crippen LogP) is 12.3. The van der Waals surface area contributed by atoms with E-state index in [1.807, 2.05) is 0 Å². The number of carbonyl (C=O) groups is 1.